The average Bonchev–Trinajstić information content (AvgIpc) is 2.32. The standard InChI is InChI=1S/C16H22O/c1-12-9-10-15(17)16(2,3)14(12)11-13-7-5-4-6-8-13/h4-8,14-15,17H,1,9-11H2,2-3H3/t14-,15+/m1/s1. The van der Waals surface area contributed by atoms with E-state index in [1.54, 1.807) is 0 Å². The first-order valence-electron chi connectivity index (χ1n) is 6.41. The smallest absolute Gasteiger partial charge is 0.0600 e. The van der Waals surface area contributed by atoms with Crippen LogP contribution < -0.4 is 0 Å². The molecule has 92 valence electrons. The van der Waals surface area contributed by atoms with Crippen molar-refractivity contribution in [2.75, 3.05) is 0 Å². The van der Waals surface area contributed by atoms with Crippen molar-refractivity contribution in [3.05, 3.63) is 48.0 Å². The molecule has 1 aliphatic carbocycles. The number of benzene rings is 1. The van der Waals surface area contributed by atoms with Gasteiger partial charge in [-0.15, -0.1) is 0 Å². The second kappa shape index (κ2) is 4.66. The van der Waals surface area contributed by atoms with E-state index in [2.05, 4.69) is 44.7 Å². The molecule has 1 saturated carbocycles. The average molecular weight is 230 g/mol. The van der Waals surface area contributed by atoms with Crippen LogP contribution in [0, 0.1) is 11.3 Å². The fourth-order valence-electron chi connectivity index (χ4n) is 2.88. The summed E-state index contributed by atoms with van der Waals surface area (Å²) in [4.78, 5) is 0. The summed E-state index contributed by atoms with van der Waals surface area (Å²) < 4.78 is 0. The van der Waals surface area contributed by atoms with E-state index in [0.29, 0.717) is 5.92 Å². The molecule has 1 aromatic rings. The van der Waals surface area contributed by atoms with Crippen molar-refractivity contribution < 1.29 is 5.11 Å². The Kier molecular flexibility index (Phi) is 3.39. The van der Waals surface area contributed by atoms with Crippen LogP contribution in [0.4, 0.5) is 0 Å². The molecule has 1 nitrogen and oxygen atoms in total. The maximum absolute atomic E-state index is 10.2. The lowest BCUT2D eigenvalue weighted by molar-refractivity contribution is -0.00632. The van der Waals surface area contributed by atoms with Gasteiger partial charge in [-0.25, -0.2) is 0 Å². The number of rotatable bonds is 2. The zero-order valence-electron chi connectivity index (χ0n) is 10.8. The quantitative estimate of drug-likeness (QED) is 0.770. The first-order valence-corrected chi connectivity index (χ1v) is 6.41. The summed E-state index contributed by atoms with van der Waals surface area (Å²) >= 11 is 0. The summed E-state index contributed by atoms with van der Waals surface area (Å²) in [5.41, 5.74) is 2.57. The maximum atomic E-state index is 10.2. The second-order valence-electron chi connectivity index (χ2n) is 5.78. The molecule has 17 heavy (non-hydrogen) atoms. The van der Waals surface area contributed by atoms with Crippen molar-refractivity contribution in [3.63, 3.8) is 0 Å². The molecule has 0 aromatic heterocycles. The number of allylic oxidation sites excluding steroid dienone is 1. The molecule has 1 fully saturated rings. The van der Waals surface area contributed by atoms with Gasteiger partial charge in [0.05, 0.1) is 6.10 Å². The Morgan fingerprint density at radius 1 is 1.29 bits per heavy atom. The fourth-order valence-corrected chi connectivity index (χ4v) is 2.88. The van der Waals surface area contributed by atoms with E-state index in [4.69, 9.17) is 0 Å². The summed E-state index contributed by atoms with van der Waals surface area (Å²) in [7, 11) is 0. The zero-order valence-corrected chi connectivity index (χ0v) is 10.8. The molecule has 1 heteroatoms. The maximum Gasteiger partial charge on any atom is 0.0600 e. The van der Waals surface area contributed by atoms with Crippen molar-refractivity contribution in [1.82, 2.24) is 0 Å². The molecule has 0 heterocycles. The van der Waals surface area contributed by atoms with E-state index < -0.39 is 0 Å². The van der Waals surface area contributed by atoms with Crippen LogP contribution in [0.25, 0.3) is 0 Å². The van der Waals surface area contributed by atoms with Gasteiger partial charge in [0, 0.05) is 0 Å². The lowest BCUT2D eigenvalue weighted by atomic mass is 9.63. The Balaban J connectivity index is 2.20. The predicted octanol–water partition coefficient (Wildman–Crippen LogP) is 3.58. The number of aliphatic hydroxyl groups excluding tert-OH is 1. The number of hydrogen-bond donors (Lipinski definition) is 1. The fraction of sp³-hybridized carbons (Fsp3) is 0.500. The Bertz CT molecular complexity index is 391. The third-order valence-electron chi connectivity index (χ3n) is 4.27. The van der Waals surface area contributed by atoms with Crippen LogP contribution in [-0.2, 0) is 6.42 Å². The van der Waals surface area contributed by atoms with E-state index in [9.17, 15) is 5.11 Å². The highest BCUT2D eigenvalue weighted by molar-refractivity contribution is 5.21. The Hall–Kier alpha value is -1.08. The summed E-state index contributed by atoms with van der Waals surface area (Å²) in [6.45, 7) is 8.54. The van der Waals surface area contributed by atoms with Crippen molar-refractivity contribution >= 4 is 0 Å². The zero-order chi connectivity index (χ0) is 12.5. The molecule has 1 aromatic carbocycles. The van der Waals surface area contributed by atoms with Gasteiger partial charge < -0.3 is 5.11 Å². The second-order valence-corrected chi connectivity index (χ2v) is 5.78. The summed E-state index contributed by atoms with van der Waals surface area (Å²) in [6, 6.07) is 10.5. The molecule has 0 bridgehead atoms. The van der Waals surface area contributed by atoms with Gasteiger partial charge in [-0.3, -0.25) is 0 Å². The normalized spacial score (nSPS) is 28.1. The van der Waals surface area contributed by atoms with E-state index in [0.717, 1.165) is 19.3 Å². The summed E-state index contributed by atoms with van der Waals surface area (Å²) in [5.74, 6) is 0.383. The largest absolute Gasteiger partial charge is 0.393 e. The SMILES string of the molecule is C=C1CC[C@H](O)C(C)(C)[C@@H]1Cc1ccccc1. The van der Waals surface area contributed by atoms with Crippen LogP contribution in [0.5, 0.6) is 0 Å². The number of aliphatic hydroxyl groups is 1. The molecule has 0 unspecified atom stereocenters. The van der Waals surface area contributed by atoms with Crippen molar-refractivity contribution in [2.45, 2.75) is 39.2 Å². The third kappa shape index (κ3) is 2.44. The first-order chi connectivity index (χ1) is 8.01. The molecule has 0 radical (unpaired) electrons. The van der Waals surface area contributed by atoms with Crippen LogP contribution in [0.3, 0.4) is 0 Å². The molecule has 0 amide bonds. The summed E-state index contributed by atoms with van der Waals surface area (Å²) in [6.07, 6.45) is 2.60. The highest BCUT2D eigenvalue weighted by Crippen LogP contribution is 2.44. The lowest BCUT2D eigenvalue weighted by Gasteiger charge is -2.44. The van der Waals surface area contributed by atoms with E-state index in [1.165, 1.54) is 11.1 Å². The van der Waals surface area contributed by atoms with Gasteiger partial charge in [-0.2, -0.15) is 0 Å². The third-order valence-corrected chi connectivity index (χ3v) is 4.27. The van der Waals surface area contributed by atoms with Crippen LogP contribution in [-0.4, -0.2) is 11.2 Å². The van der Waals surface area contributed by atoms with E-state index in [1.807, 2.05) is 6.07 Å². The molecular weight excluding hydrogens is 208 g/mol. The molecule has 2 rings (SSSR count). The molecule has 0 spiro atoms. The molecule has 2 atom stereocenters. The topological polar surface area (TPSA) is 20.2 Å². The van der Waals surface area contributed by atoms with Gasteiger partial charge in [0.2, 0.25) is 0 Å². The van der Waals surface area contributed by atoms with Crippen LogP contribution in [0.2, 0.25) is 0 Å². The monoisotopic (exact) mass is 230 g/mol. The van der Waals surface area contributed by atoms with Crippen LogP contribution >= 0.6 is 0 Å². The van der Waals surface area contributed by atoms with Crippen molar-refractivity contribution in [2.24, 2.45) is 11.3 Å². The highest BCUT2D eigenvalue weighted by Gasteiger charge is 2.40. The predicted molar refractivity (Wildman–Crippen MR) is 71.8 cm³/mol. The molecule has 0 saturated heterocycles. The van der Waals surface area contributed by atoms with Gasteiger partial charge >= 0.3 is 0 Å². The van der Waals surface area contributed by atoms with Gasteiger partial charge in [-0.1, -0.05) is 56.3 Å². The molecular formula is C16H22O. The van der Waals surface area contributed by atoms with Crippen LogP contribution in [0.1, 0.15) is 32.3 Å². The van der Waals surface area contributed by atoms with Gasteiger partial charge in [0.25, 0.3) is 0 Å². The Labute approximate surface area is 104 Å². The Morgan fingerprint density at radius 3 is 2.59 bits per heavy atom. The minimum Gasteiger partial charge on any atom is -0.393 e. The van der Waals surface area contributed by atoms with E-state index in [-0.39, 0.29) is 11.5 Å². The highest BCUT2D eigenvalue weighted by atomic mass is 16.3. The minimum atomic E-state index is -0.207. The first kappa shape index (κ1) is 12.4. The minimum absolute atomic E-state index is 0.0643. The van der Waals surface area contributed by atoms with Gasteiger partial charge in [-0.05, 0) is 36.2 Å². The lowest BCUT2D eigenvalue weighted by Crippen LogP contribution is -2.42. The van der Waals surface area contributed by atoms with Gasteiger partial charge in [0.1, 0.15) is 0 Å². The number of hydrogen-bond acceptors (Lipinski definition) is 1. The van der Waals surface area contributed by atoms with Crippen molar-refractivity contribution in [3.8, 4) is 0 Å². The van der Waals surface area contributed by atoms with Crippen LogP contribution in [0.15, 0.2) is 42.5 Å². The summed E-state index contributed by atoms with van der Waals surface area (Å²) in [5, 5.41) is 10.2. The molecule has 1 aliphatic rings. The Morgan fingerprint density at radius 2 is 1.94 bits per heavy atom. The molecule has 0 aliphatic heterocycles. The van der Waals surface area contributed by atoms with E-state index >= 15 is 0 Å². The molecule has 1 N–H and O–H groups in total. The van der Waals surface area contributed by atoms with Crippen molar-refractivity contribution in [1.29, 1.82) is 0 Å². The van der Waals surface area contributed by atoms with Gasteiger partial charge in [0.15, 0.2) is 0 Å².